The monoisotopic (exact) mass is 413 g/mol. The van der Waals surface area contributed by atoms with Gasteiger partial charge in [-0.1, -0.05) is 47.0 Å². The van der Waals surface area contributed by atoms with Gasteiger partial charge in [0.15, 0.2) is 0 Å². The lowest BCUT2D eigenvalue weighted by Gasteiger charge is -2.17. The largest absolute Gasteiger partial charge is 0.416 e. The Labute approximate surface area is 151 Å². The number of halogens is 2. The highest BCUT2D eigenvalue weighted by Gasteiger charge is 2.21. The zero-order valence-corrected chi connectivity index (χ0v) is 15.3. The molecule has 1 aromatic carbocycles. The van der Waals surface area contributed by atoms with Gasteiger partial charge >= 0.3 is 0 Å². The first kappa shape index (κ1) is 17.4. The number of thioether (sulfide) groups is 1. The fourth-order valence-corrected chi connectivity index (χ4v) is 3.60. The van der Waals surface area contributed by atoms with Crippen molar-refractivity contribution in [1.29, 1.82) is 0 Å². The summed E-state index contributed by atoms with van der Waals surface area (Å²) < 4.78 is 20.0. The average molecular weight is 414 g/mol. The van der Waals surface area contributed by atoms with Crippen LogP contribution in [-0.2, 0) is 4.79 Å². The summed E-state index contributed by atoms with van der Waals surface area (Å²) in [6.45, 7) is 0. The molecular formula is C16H17BrFN3O2S. The molecule has 24 heavy (non-hydrogen) atoms. The van der Waals surface area contributed by atoms with Crippen molar-refractivity contribution >= 4 is 39.3 Å². The zero-order chi connectivity index (χ0) is 16.9. The fraction of sp³-hybridized carbons (Fsp3) is 0.438. The number of rotatable bonds is 5. The van der Waals surface area contributed by atoms with Crippen LogP contribution in [0.2, 0.25) is 0 Å². The molecule has 5 nitrogen and oxygen atoms in total. The van der Waals surface area contributed by atoms with Gasteiger partial charge in [0.25, 0.3) is 5.22 Å². The SMILES string of the molecule is O=C(CSc1nnc(C2CCCCC2)o1)Nc1ccc(Br)cc1F. The summed E-state index contributed by atoms with van der Waals surface area (Å²) in [5.41, 5.74) is 0.150. The minimum absolute atomic E-state index is 0.0851. The lowest BCUT2D eigenvalue weighted by atomic mass is 9.89. The number of nitrogens with one attached hydrogen (secondary N) is 1. The van der Waals surface area contributed by atoms with Crippen molar-refractivity contribution in [3.63, 3.8) is 0 Å². The van der Waals surface area contributed by atoms with E-state index in [2.05, 4.69) is 31.4 Å². The third kappa shape index (κ3) is 4.57. The molecule has 1 heterocycles. The smallest absolute Gasteiger partial charge is 0.277 e. The van der Waals surface area contributed by atoms with E-state index in [4.69, 9.17) is 4.42 Å². The molecule has 0 spiro atoms. The standard InChI is InChI=1S/C16H17BrFN3O2S/c17-11-6-7-13(12(18)8-11)19-14(22)9-24-16-21-20-15(23-16)10-4-2-1-3-5-10/h6-8,10H,1-5,9H2,(H,19,22). The molecule has 1 aliphatic rings. The summed E-state index contributed by atoms with van der Waals surface area (Å²) in [5, 5.41) is 11.0. The molecular weight excluding hydrogens is 397 g/mol. The number of amides is 1. The van der Waals surface area contributed by atoms with Gasteiger partial charge in [-0.05, 0) is 31.0 Å². The molecule has 1 aromatic heterocycles. The summed E-state index contributed by atoms with van der Waals surface area (Å²) in [6, 6.07) is 4.48. The summed E-state index contributed by atoms with van der Waals surface area (Å²) in [6.07, 6.45) is 5.80. The van der Waals surface area contributed by atoms with E-state index in [-0.39, 0.29) is 17.3 Å². The Morgan fingerprint density at radius 1 is 1.33 bits per heavy atom. The lowest BCUT2D eigenvalue weighted by Crippen LogP contribution is -2.15. The third-order valence-electron chi connectivity index (χ3n) is 3.91. The Kier molecular flexibility index (Phi) is 5.89. The van der Waals surface area contributed by atoms with E-state index in [1.807, 2.05) is 0 Å². The first-order chi connectivity index (χ1) is 11.6. The number of anilines is 1. The molecule has 3 rings (SSSR count). The molecule has 0 aliphatic heterocycles. The molecule has 128 valence electrons. The first-order valence-corrected chi connectivity index (χ1v) is 9.61. The number of hydrogen-bond acceptors (Lipinski definition) is 5. The molecule has 1 N–H and O–H groups in total. The van der Waals surface area contributed by atoms with Crippen molar-refractivity contribution in [2.24, 2.45) is 0 Å². The van der Waals surface area contributed by atoms with Crippen LogP contribution in [0, 0.1) is 5.82 Å². The maximum Gasteiger partial charge on any atom is 0.277 e. The highest BCUT2D eigenvalue weighted by atomic mass is 79.9. The van der Waals surface area contributed by atoms with E-state index >= 15 is 0 Å². The number of benzene rings is 1. The summed E-state index contributed by atoms with van der Waals surface area (Å²) >= 11 is 4.33. The second kappa shape index (κ2) is 8.11. The Morgan fingerprint density at radius 3 is 2.88 bits per heavy atom. The predicted molar refractivity (Wildman–Crippen MR) is 93.6 cm³/mol. The van der Waals surface area contributed by atoms with Gasteiger partial charge in [0, 0.05) is 10.4 Å². The van der Waals surface area contributed by atoms with Gasteiger partial charge in [0.05, 0.1) is 11.4 Å². The maximum absolute atomic E-state index is 13.7. The van der Waals surface area contributed by atoms with Gasteiger partial charge in [0.1, 0.15) is 5.82 Å². The highest BCUT2D eigenvalue weighted by molar-refractivity contribution is 9.10. The molecule has 0 saturated heterocycles. The second-order valence-corrected chi connectivity index (χ2v) is 7.54. The number of carbonyl (C=O) groups excluding carboxylic acids is 1. The minimum atomic E-state index is -0.486. The van der Waals surface area contributed by atoms with E-state index in [0.29, 0.717) is 21.5 Å². The molecule has 2 aromatic rings. The van der Waals surface area contributed by atoms with Gasteiger partial charge in [-0.2, -0.15) is 0 Å². The van der Waals surface area contributed by atoms with Crippen molar-refractivity contribution in [2.75, 3.05) is 11.1 Å². The Balaban J connectivity index is 1.52. The minimum Gasteiger partial charge on any atom is -0.416 e. The lowest BCUT2D eigenvalue weighted by molar-refractivity contribution is -0.113. The van der Waals surface area contributed by atoms with Crippen molar-refractivity contribution in [2.45, 2.75) is 43.2 Å². The molecule has 1 fully saturated rings. The maximum atomic E-state index is 13.7. The van der Waals surface area contributed by atoms with Crippen LogP contribution in [0.5, 0.6) is 0 Å². The predicted octanol–water partition coefficient (Wildman–Crippen LogP) is 4.75. The van der Waals surface area contributed by atoms with Crippen LogP contribution in [0.4, 0.5) is 10.1 Å². The van der Waals surface area contributed by atoms with Crippen molar-refractivity contribution in [3.05, 3.63) is 34.4 Å². The van der Waals surface area contributed by atoms with Crippen LogP contribution in [0.25, 0.3) is 0 Å². The number of carbonyl (C=O) groups is 1. The summed E-state index contributed by atoms with van der Waals surface area (Å²) in [5.74, 6) is 0.281. The van der Waals surface area contributed by atoms with Crippen LogP contribution in [0.3, 0.4) is 0 Å². The molecule has 1 aliphatic carbocycles. The van der Waals surface area contributed by atoms with Crippen LogP contribution < -0.4 is 5.32 Å². The molecule has 0 radical (unpaired) electrons. The number of nitrogens with zero attached hydrogens (tertiary/aromatic N) is 2. The van der Waals surface area contributed by atoms with E-state index in [1.54, 1.807) is 6.07 Å². The quantitative estimate of drug-likeness (QED) is 0.716. The van der Waals surface area contributed by atoms with Gasteiger partial charge in [0.2, 0.25) is 11.8 Å². The topological polar surface area (TPSA) is 68.0 Å². The van der Waals surface area contributed by atoms with E-state index in [1.165, 1.54) is 31.4 Å². The Bertz CT molecular complexity index is 719. The molecule has 0 bridgehead atoms. The van der Waals surface area contributed by atoms with Crippen LogP contribution in [-0.4, -0.2) is 21.9 Å². The molecule has 8 heteroatoms. The molecule has 0 unspecified atom stereocenters. The van der Waals surface area contributed by atoms with E-state index in [0.717, 1.165) is 24.6 Å². The summed E-state index contributed by atoms with van der Waals surface area (Å²) in [4.78, 5) is 11.9. The molecule has 0 atom stereocenters. The number of aromatic nitrogens is 2. The van der Waals surface area contributed by atoms with Crippen molar-refractivity contribution in [3.8, 4) is 0 Å². The average Bonchev–Trinajstić information content (AvgIpc) is 3.05. The fourth-order valence-electron chi connectivity index (χ4n) is 2.70. The van der Waals surface area contributed by atoms with Gasteiger partial charge in [-0.3, -0.25) is 4.79 Å². The number of hydrogen-bond donors (Lipinski definition) is 1. The van der Waals surface area contributed by atoms with Gasteiger partial charge in [-0.15, -0.1) is 10.2 Å². The van der Waals surface area contributed by atoms with Gasteiger partial charge in [-0.25, -0.2) is 4.39 Å². The van der Waals surface area contributed by atoms with Crippen LogP contribution in [0.15, 0.2) is 32.3 Å². The highest BCUT2D eigenvalue weighted by Crippen LogP contribution is 2.32. The molecule has 1 saturated carbocycles. The summed E-state index contributed by atoms with van der Waals surface area (Å²) in [7, 11) is 0. The van der Waals surface area contributed by atoms with Crippen molar-refractivity contribution in [1.82, 2.24) is 10.2 Å². The molecule has 1 amide bonds. The normalized spacial score (nSPS) is 15.4. The Morgan fingerprint density at radius 2 is 2.12 bits per heavy atom. The van der Waals surface area contributed by atoms with Crippen molar-refractivity contribution < 1.29 is 13.6 Å². The third-order valence-corrected chi connectivity index (χ3v) is 5.22. The van der Waals surface area contributed by atoms with Gasteiger partial charge < -0.3 is 9.73 Å². The Hall–Kier alpha value is -1.41. The zero-order valence-electron chi connectivity index (χ0n) is 12.9. The van der Waals surface area contributed by atoms with Crippen LogP contribution >= 0.6 is 27.7 Å². The van der Waals surface area contributed by atoms with Crippen LogP contribution in [0.1, 0.15) is 43.9 Å². The first-order valence-electron chi connectivity index (χ1n) is 7.83. The second-order valence-electron chi connectivity index (χ2n) is 5.70. The van der Waals surface area contributed by atoms with E-state index in [9.17, 15) is 9.18 Å². The van der Waals surface area contributed by atoms with E-state index < -0.39 is 5.82 Å².